The third-order valence-electron chi connectivity index (χ3n) is 4.71. The number of nitrogens with one attached hydrogen (secondary N) is 1. The van der Waals surface area contributed by atoms with E-state index in [4.69, 9.17) is 10.9 Å². The molecule has 0 aromatic heterocycles. The summed E-state index contributed by atoms with van der Waals surface area (Å²) in [6, 6.07) is 0. The summed E-state index contributed by atoms with van der Waals surface area (Å²) < 4.78 is 0. The van der Waals surface area contributed by atoms with E-state index in [1.54, 1.807) is 0 Å². The fourth-order valence-electron chi connectivity index (χ4n) is 3.09. The summed E-state index contributed by atoms with van der Waals surface area (Å²) in [6.07, 6.45) is 8.68. The lowest BCUT2D eigenvalue weighted by molar-refractivity contribution is 0.275. The topological polar surface area (TPSA) is 70.6 Å². The summed E-state index contributed by atoms with van der Waals surface area (Å²) in [7, 11) is 0. The monoisotopic (exact) mass is 253 g/mol. The molecule has 2 fully saturated rings. The molecule has 18 heavy (non-hydrogen) atoms. The van der Waals surface area contributed by atoms with Crippen LogP contribution >= 0.6 is 0 Å². The Morgan fingerprint density at radius 2 is 2.00 bits per heavy atom. The maximum Gasteiger partial charge on any atom is 0.139 e. The van der Waals surface area contributed by atoms with Crippen LogP contribution in [0.1, 0.15) is 51.9 Å². The average Bonchev–Trinajstić information content (AvgIpc) is 3.11. The Bertz CT molecular complexity index is 291. The maximum absolute atomic E-state index is 8.62. The van der Waals surface area contributed by atoms with Crippen LogP contribution in [-0.2, 0) is 0 Å². The summed E-state index contributed by atoms with van der Waals surface area (Å²) in [4.78, 5) is 0. The van der Waals surface area contributed by atoms with Gasteiger partial charge in [0.05, 0.1) is 0 Å². The first-order chi connectivity index (χ1) is 8.63. The Balaban J connectivity index is 1.63. The predicted molar refractivity (Wildman–Crippen MR) is 73.7 cm³/mol. The van der Waals surface area contributed by atoms with Crippen molar-refractivity contribution in [2.75, 3.05) is 13.1 Å². The van der Waals surface area contributed by atoms with Crippen LogP contribution in [0, 0.1) is 17.3 Å². The predicted octanol–water partition coefficient (Wildman–Crippen LogP) is 2.32. The van der Waals surface area contributed by atoms with Crippen LogP contribution in [0.3, 0.4) is 0 Å². The highest BCUT2D eigenvalue weighted by Gasteiger charge is 2.42. The first-order valence-electron chi connectivity index (χ1n) is 7.31. The lowest BCUT2D eigenvalue weighted by Gasteiger charge is -2.27. The Morgan fingerprint density at radius 3 is 2.56 bits per heavy atom. The maximum atomic E-state index is 8.62. The second kappa shape index (κ2) is 5.91. The van der Waals surface area contributed by atoms with Gasteiger partial charge in [-0.1, -0.05) is 24.9 Å². The van der Waals surface area contributed by atoms with Crippen LogP contribution in [0.5, 0.6) is 0 Å². The third-order valence-corrected chi connectivity index (χ3v) is 4.71. The Morgan fingerprint density at radius 1 is 1.33 bits per heavy atom. The number of hydrogen-bond donors (Lipinski definition) is 3. The minimum Gasteiger partial charge on any atom is -0.409 e. The number of amidine groups is 1. The first kappa shape index (κ1) is 13.7. The van der Waals surface area contributed by atoms with E-state index >= 15 is 0 Å². The molecule has 0 amide bonds. The summed E-state index contributed by atoms with van der Waals surface area (Å²) in [5.74, 6) is 2.17. The van der Waals surface area contributed by atoms with Gasteiger partial charge in [-0.25, -0.2) is 0 Å². The van der Waals surface area contributed by atoms with Gasteiger partial charge in [-0.2, -0.15) is 0 Å². The van der Waals surface area contributed by atoms with Crippen molar-refractivity contribution in [3.63, 3.8) is 0 Å². The van der Waals surface area contributed by atoms with Crippen molar-refractivity contribution in [1.29, 1.82) is 0 Å². The highest BCUT2D eigenvalue weighted by atomic mass is 16.4. The molecule has 104 valence electrons. The van der Waals surface area contributed by atoms with E-state index in [-0.39, 0.29) is 5.41 Å². The van der Waals surface area contributed by atoms with E-state index in [1.165, 1.54) is 38.5 Å². The van der Waals surface area contributed by atoms with Crippen molar-refractivity contribution in [2.24, 2.45) is 28.1 Å². The molecule has 0 aromatic carbocycles. The van der Waals surface area contributed by atoms with Crippen molar-refractivity contribution in [2.45, 2.75) is 51.9 Å². The third kappa shape index (κ3) is 3.87. The zero-order chi connectivity index (χ0) is 13.0. The zero-order valence-corrected chi connectivity index (χ0v) is 11.5. The number of hydrogen-bond acceptors (Lipinski definition) is 3. The average molecular weight is 253 g/mol. The fraction of sp³-hybridized carbons (Fsp3) is 0.929. The molecule has 0 atom stereocenters. The van der Waals surface area contributed by atoms with Crippen molar-refractivity contribution in [3.05, 3.63) is 0 Å². The normalized spacial score (nSPS) is 31.3. The molecule has 4 N–H and O–H groups in total. The smallest absolute Gasteiger partial charge is 0.139 e. The van der Waals surface area contributed by atoms with E-state index in [1.807, 2.05) is 0 Å². The van der Waals surface area contributed by atoms with Gasteiger partial charge < -0.3 is 16.3 Å². The molecule has 4 heteroatoms. The van der Waals surface area contributed by atoms with Crippen LogP contribution < -0.4 is 11.1 Å². The highest BCUT2D eigenvalue weighted by molar-refractivity contribution is 5.80. The molecule has 0 radical (unpaired) electrons. The van der Waals surface area contributed by atoms with Gasteiger partial charge in [0, 0.05) is 13.0 Å². The zero-order valence-electron chi connectivity index (χ0n) is 11.5. The van der Waals surface area contributed by atoms with Gasteiger partial charge >= 0.3 is 0 Å². The standard InChI is InChI=1S/C14H27N3O/c1-11-2-4-12(5-3-11)9-16-10-14(6-7-14)8-13(15)17-18/h11-12,16,18H,2-10H2,1H3,(H2,15,17). The van der Waals surface area contributed by atoms with Crippen LogP contribution in [0.2, 0.25) is 0 Å². The van der Waals surface area contributed by atoms with Crippen molar-refractivity contribution in [1.82, 2.24) is 5.32 Å². The lowest BCUT2D eigenvalue weighted by Crippen LogP contribution is -2.32. The van der Waals surface area contributed by atoms with Gasteiger partial charge in [0.15, 0.2) is 0 Å². The molecule has 0 aliphatic heterocycles. The summed E-state index contributed by atoms with van der Waals surface area (Å²) >= 11 is 0. The fourth-order valence-corrected chi connectivity index (χ4v) is 3.09. The minimum atomic E-state index is 0.290. The second-order valence-electron chi connectivity index (χ2n) is 6.52. The van der Waals surface area contributed by atoms with Gasteiger partial charge in [0.25, 0.3) is 0 Å². The largest absolute Gasteiger partial charge is 0.409 e. The van der Waals surface area contributed by atoms with E-state index in [0.29, 0.717) is 5.84 Å². The number of oxime groups is 1. The summed E-state index contributed by atoms with van der Waals surface area (Å²) in [5, 5.41) is 15.3. The molecule has 0 heterocycles. The first-order valence-corrected chi connectivity index (χ1v) is 7.31. The quantitative estimate of drug-likeness (QED) is 0.294. The summed E-state index contributed by atoms with van der Waals surface area (Å²) in [5.41, 5.74) is 5.89. The Hall–Kier alpha value is -0.770. The Labute approximate surface area is 110 Å². The van der Waals surface area contributed by atoms with E-state index in [9.17, 15) is 0 Å². The molecule has 0 bridgehead atoms. The van der Waals surface area contributed by atoms with Crippen LogP contribution in [-0.4, -0.2) is 24.1 Å². The second-order valence-corrected chi connectivity index (χ2v) is 6.52. The molecule has 2 aliphatic carbocycles. The molecule has 0 spiro atoms. The summed E-state index contributed by atoms with van der Waals surface area (Å²) in [6.45, 7) is 4.53. The van der Waals surface area contributed by atoms with Crippen LogP contribution in [0.25, 0.3) is 0 Å². The number of nitrogens with two attached hydrogens (primary N) is 1. The van der Waals surface area contributed by atoms with Gasteiger partial charge in [-0.3, -0.25) is 0 Å². The van der Waals surface area contributed by atoms with Crippen LogP contribution in [0.4, 0.5) is 0 Å². The van der Waals surface area contributed by atoms with Gasteiger partial charge in [-0.15, -0.1) is 0 Å². The molecular formula is C14H27N3O. The molecule has 2 aliphatic rings. The molecule has 4 nitrogen and oxygen atoms in total. The minimum absolute atomic E-state index is 0.290. The SMILES string of the molecule is CC1CCC(CNCC2(CC(N)=NO)CC2)CC1. The van der Waals surface area contributed by atoms with E-state index in [2.05, 4.69) is 17.4 Å². The van der Waals surface area contributed by atoms with Crippen LogP contribution in [0.15, 0.2) is 5.16 Å². The van der Waals surface area contributed by atoms with Crippen molar-refractivity contribution >= 4 is 5.84 Å². The Kier molecular flexibility index (Phi) is 4.49. The molecule has 2 saturated carbocycles. The van der Waals surface area contributed by atoms with Gasteiger partial charge in [0.1, 0.15) is 5.84 Å². The van der Waals surface area contributed by atoms with Gasteiger partial charge in [-0.05, 0) is 49.5 Å². The highest BCUT2D eigenvalue weighted by Crippen LogP contribution is 2.48. The van der Waals surface area contributed by atoms with E-state index in [0.717, 1.165) is 31.3 Å². The lowest BCUT2D eigenvalue weighted by atomic mass is 9.83. The number of rotatable bonds is 6. The molecular weight excluding hydrogens is 226 g/mol. The van der Waals surface area contributed by atoms with Gasteiger partial charge in [0.2, 0.25) is 0 Å². The molecule has 2 rings (SSSR count). The van der Waals surface area contributed by atoms with E-state index < -0.39 is 0 Å². The molecule has 0 unspecified atom stereocenters. The number of nitrogens with zero attached hydrogens (tertiary/aromatic N) is 1. The van der Waals surface area contributed by atoms with Crippen molar-refractivity contribution < 1.29 is 5.21 Å². The molecule has 0 saturated heterocycles. The van der Waals surface area contributed by atoms with Crippen molar-refractivity contribution in [3.8, 4) is 0 Å². The molecule has 0 aromatic rings.